The zero-order valence-electron chi connectivity index (χ0n) is 22.1. The van der Waals surface area contributed by atoms with Crippen LogP contribution in [0.1, 0.15) is 12.0 Å². The third-order valence-corrected chi connectivity index (χ3v) is 12.4. The van der Waals surface area contributed by atoms with Crippen molar-refractivity contribution in [3.8, 4) is 0 Å². The van der Waals surface area contributed by atoms with Gasteiger partial charge in [0.25, 0.3) is 15.9 Å². The average Bonchev–Trinajstić information content (AvgIpc) is 3.66. The van der Waals surface area contributed by atoms with Gasteiger partial charge in [0, 0.05) is 38.3 Å². The Bertz CT molecular complexity index is 1440. The Hall–Kier alpha value is -2.47. The van der Waals surface area contributed by atoms with Crippen molar-refractivity contribution in [3.05, 3.63) is 36.0 Å². The van der Waals surface area contributed by atoms with Gasteiger partial charge in [-0.05, 0) is 25.6 Å². The van der Waals surface area contributed by atoms with Crippen LogP contribution in [0.2, 0.25) is 0 Å². The van der Waals surface area contributed by atoms with Gasteiger partial charge in [-0.15, -0.1) is 0 Å². The number of likely N-dealkylation sites (N-methyl/N-ethyl adjacent to an activating group) is 1. The summed E-state index contributed by atoms with van der Waals surface area (Å²) in [6, 6.07) is 6.03. The first-order chi connectivity index (χ1) is 19.1. The molecular weight excluding hydrogens is 581 g/mol. The number of amides is 1. The number of sulfone groups is 1. The summed E-state index contributed by atoms with van der Waals surface area (Å²) >= 11 is 0.875. The van der Waals surface area contributed by atoms with Gasteiger partial charge in [0.1, 0.15) is 0 Å². The molecule has 5 rings (SSSR count). The molecule has 1 aromatic carbocycles. The normalized spacial score (nSPS) is 22.0. The lowest BCUT2D eigenvalue weighted by atomic mass is 10.1. The molecule has 1 atom stereocenters. The number of hydrogen-bond donors (Lipinski definition) is 1. The van der Waals surface area contributed by atoms with Gasteiger partial charge in [0.05, 0.1) is 49.3 Å². The van der Waals surface area contributed by atoms with Crippen LogP contribution in [0.4, 0.5) is 5.13 Å². The summed E-state index contributed by atoms with van der Waals surface area (Å²) in [7, 11) is -5.35. The lowest BCUT2D eigenvalue weighted by Crippen LogP contribution is -2.46. The maximum atomic E-state index is 13.4. The molecule has 0 radical (unpaired) electrons. The van der Waals surface area contributed by atoms with E-state index in [9.17, 15) is 21.6 Å². The summed E-state index contributed by atoms with van der Waals surface area (Å²) in [6.07, 6.45) is 1.69. The van der Waals surface area contributed by atoms with E-state index < -0.39 is 31.0 Å². The molecule has 1 aromatic heterocycles. The molecular formula is C24H32N6O7S3. The second-order valence-corrected chi connectivity index (χ2v) is 15.1. The number of benzene rings is 1. The monoisotopic (exact) mass is 612 g/mol. The number of sulfonamides is 1. The summed E-state index contributed by atoms with van der Waals surface area (Å²) in [4.78, 5) is 19.8. The van der Waals surface area contributed by atoms with Crippen molar-refractivity contribution in [1.29, 1.82) is 0 Å². The molecule has 1 N–H and O–H groups in total. The number of hydrogen-bond acceptors (Lipinski definition) is 12. The number of carbonyl (C=O) groups is 1. The summed E-state index contributed by atoms with van der Waals surface area (Å²) in [6.45, 7) is 4.49. The highest BCUT2D eigenvalue weighted by atomic mass is 32.2. The molecule has 0 aliphatic carbocycles. The number of nitrogens with one attached hydrogen (secondary N) is 1. The van der Waals surface area contributed by atoms with E-state index in [2.05, 4.69) is 20.3 Å². The SMILES string of the molecule is CN1CCN(S(=O)(=O)c2cnc(NC(=O)/C(=N/N3CCOCC3)c3ccc(S(=O)(=O)[C@H]4CCOC4)cc3)s2)CC1. The second kappa shape index (κ2) is 12.2. The smallest absolute Gasteiger partial charge is 0.278 e. The highest BCUT2D eigenvalue weighted by Crippen LogP contribution is 2.27. The number of morpholine rings is 1. The van der Waals surface area contributed by atoms with E-state index in [4.69, 9.17) is 9.47 Å². The van der Waals surface area contributed by atoms with Gasteiger partial charge in [0.2, 0.25) is 0 Å². The maximum absolute atomic E-state index is 13.4. The van der Waals surface area contributed by atoms with E-state index >= 15 is 0 Å². The highest BCUT2D eigenvalue weighted by Gasteiger charge is 2.32. The predicted octanol–water partition coefficient (Wildman–Crippen LogP) is 0.317. The number of piperazine rings is 1. The minimum atomic E-state index is -3.73. The van der Waals surface area contributed by atoms with Crippen molar-refractivity contribution >= 4 is 47.9 Å². The van der Waals surface area contributed by atoms with Crippen LogP contribution in [0.15, 0.2) is 44.7 Å². The third kappa shape index (κ3) is 6.37. The lowest BCUT2D eigenvalue weighted by Gasteiger charge is -2.30. The van der Waals surface area contributed by atoms with E-state index in [1.54, 1.807) is 17.1 Å². The van der Waals surface area contributed by atoms with E-state index in [0.29, 0.717) is 71.1 Å². The van der Waals surface area contributed by atoms with Gasteiger partial charge >= 0.3 is 0 Å². The van der Waals surface area contributed by atoms with Crippen LogP contribution in [-0.2, 0) is 34.1 Å². The van der Waals surface area contributed by atoms with Crippen LogP contribution in [-0.4, -0.2) is 126 Å². The fourth-order valence-corrected chi connectivity index (χ4v) is 8.72. The summed E-state index contributed by atoms with van der Waals surface area (Å²) in [5.41, 5.74) is 0.459. The molecule has 3 fully saturated rings. The van der Waals surface area contributed by atoms with Gasteiger partial charge in [-0.1, -0.05) is 23.5 Å². The fourth-order valence-electron chi connectivity index (χ4n) is 4.53. The molecule has 218 valence electrons. The van der Waals surface area contributed by atoms with E-state index in [-0.39, 0.29) is 26.6 Å². The zero-order valence-corrected chi connectivity index (χ0v) is 24.5. The first-order valence-electron chi connectivity index (χ1n) is 12.9. The molecule has 40 heavy (non-hydrogen) atoms. The molecule has 3 aliphatic rings. The van der Waals surface area contributed by atoms with E-state index in [1.807, 2.05) is 7.05 Å². The number of anilines is 1. The van der Waals surface area contributed by atoms with Crippen LogP contribution >= 0.6 is 11.3 Å². The molecule has 1 amide bonds. The summed E-state index contributed by atoms with van der Waals surface area (Å²) < 4.78 is 64.2. The van der Waals surface area contributed by atoms with Crippen LogP contribution in [0.5, 0.6) is 0 Å². The van der Waals surface area contributed by atoms with Crippen molar-refractivity contribution in [2.45, 2.75) is 20.8 Å². The van der Waals surface area contributed by atoms with Crippen LogP contribution in [0, 0.1) is 0 Å². The number of thiazole rings is 1. The van der Waals surface area contributed by atoms with Crippen LogP contribution in [0.3, 0.4) is 0 Å². The molecule has 0 bridgehead atoms. The number of carbonyl (C=O) groups excluding carboxylic acids is 1. The number of aromatic nitrogens is 1. The number of ether oxygens (including phenoxy) is 2. The Morgan fingerprint density at radius 3 is 2.35 bits per heavy atom. The van der Waals surface area contributed by atoms with E-state index in [0.717, 1.165) is 11.3 Å². The Labute approximate surface area is 237 Å². The van der Waals surface area contributed by atoms with E-state index in [1.165, 1.54) is 22.6 Å². The van der Waals surface area contributed by atoms with Crippen molar-refractivity contribution in [2.75, 3.05) is 78.1 Å². The van der Waals surface area contributed by atoms with Crippen molar-refractivity contribution < 1.29 is 31.1 Å². The topological polar surface area (TPSA) is 151 Å². The van der Waals surface area contributed by atoms with Crippen LogP contribution in [0.25, 0.3) is 0 Å². The molecule has 0 unspecified atom stereocenters. The average molecular weight is 613 g/mol. The quantitative estimate of drug-likeness (QED) is 0.413. The van der Waals surface area contributed by atoms with Gasteiger partial charge in [0.15, 0.2) is 24.9 Å². The lowest BCUT2D eigenvalue weighted by molar-refractivity contribution is -0.110. The van der Waals surface area contributed by atoms with Crippen molar-refractivity contribution in [1.82, 2.24) is 19.2 Å². The molecule has 3 saturated heterocycles. The zero-order chi connectivity index (χ0) is 28.3. The number of hydrazone groups is 1. The van der Waals surface area contributed by atoms with Gasteiger partial charge in [-0.3, -0.25) is 15.1 Å². The largest absolute Gasteiger partial charge is 0.380 e. The highest BCUT2D eigenvalue weighted by molar-refractivity contribution is 7.92. The van der Waals surface area contributed by atoms with Gasteiger partial charge in [-0.2, -0.15) is 9.41 Å². The second-order valence-electron chi connectivity index (χ2n) is 9.72. The molecule has 0 spiro atoms. The molecule has 3 aliphatic heterocycles. The molecule has 4 heterocycles. The summed E-state index contributed by atoms with van der Waals surface area (Å²) in [5.74, 6) is -0.593. The maximum Gasteiger partial charge on any atom is 0.278 e. The minimum absolute atomic E-state index is 0.0458. The Morgan fingerprint density at radius 2 is 1.70 bits per heavy atom. The van der Waals surface area contributed by atoms with Crippen molar-refractivity contribution in [2.24, 2.45) is 5.10 Å². The molecule has 0 saturated carbocycles. The van der Waals surface area contributed by atoms with Crippen LogP contribution < -0.4 is 5.32 Å². The van der Waals surface area contributed by atoms with Crippen molar-refractivity contribution in [3.63, 3.8) is 0 Å². The fraction of sp³-hybridized carbons (Fsp3) is 0.542. The summed E-state index contributed by atoms with van der Waals surface area (Å²) in [5, 5.41) is 8.45. The Balaban J connectivity index is 1.36. The predicted molar refractivity (Wildman–Crippen MR) is 149 cm³/mol. The molecule has 16 heteroatoms. The molecule has 13 nitrogen and oxygen atoms in total. The first-order valence-corrected chi connectivity index (χ1v) is 16.7. The Morgan fingerprint density at radius 1 is 1.00 bits per heavy atom. The molecule has 2 aromatic rings. The number of nitrogens with zero attached hydrogens (tertiary/aromatic N) is 5. The minimum Gasteiger partial charge on any atom is -0.380 e. The first kappa shape index (κ1) is 29.0. The third-order valence-electron chi connectivity index (χ3n) is 6.99. The van der Waals surface area contributed by atoms with Gasteiger partial charge < -0.3 is 14.4 Å². The van der Waals surface area contributed by atoms with Gasteiger partial charge in [-0.25, -0.2) is 21.8 Å². The Kier molecular flexibility index (Phi) is 8.84. The standard InChI is InChI=1S/C24H32N6O7S3/c1-28-7-9-30(10-8-28)40(34,35)21-16-25-24(38-21)26-23(31)22(27-29-11-14-36-15-12-29)18-2-4-19(5-3-18)39(32,33)20-6-13-37-17-20/h2-5,16,20H,6-15,17H2,1H3,(H,25,26,31)/b27-22+/t20-/m0/s1. The number of rotatable bonds is 8.